The fourth-order valence-corrected chi connectivity index (χ4v) is 3.55. The highest BCUT2D eigenvalue weighted by Gasteiger charge is 2.34. The first-order valence-corrected chi connectivity index (χ1v) is 10.7. The Morgan fingerprint density at radius 3 is 2.43 bits per heavy atom. The van der Waals surface area contributed by atoms with Crippen molar-refractivity contribution in [3.8, 4) is 0 Å². The second kappa shape index (κ2) is 12.0. The molecule has 1 saturated heterocycles. The van der Waals surface area contributed by atoms with Gasteiger partial charge in [-0.25, -0.2) is 4.99 Å². The molecule has 0 radical (unpaired) electrons. The molecule has 6 heteroatoms. The minimum absolute atomic E-state index is 0.0109. The largest absolute Gasteiger partial charge is 0.396 e. The van der Waals surface area contributed by atoms with E-state index in [4.69, 9.17) is 9.73 Å². The Morgan fingerprint density at radius 1 is 1.14 bits per heavy atom. The monoisotopic (exact) mass is 390 g/mol. The number of rotatable bonds is 11. The van der Waals surface area contributed by atoms with Crippen LogP contribution >= 0.6 is 0 Å². The lowest BCUT2D eigenvalue weighted by atomic mass is 9.84. The predicted molar refractivity (Wildman–Crippen MR) is 115 cm³/mol. The molecule has 0 aromatic heterocycles. The minimum atomic E-state index is 0.0109. The number of benzene rings is 1. The quantitative estimate of drug-likeness (QED) is 0.400. The number of hydrogen-bond acceptors (Lipinski definition) is 4. The van der Waals surface area contributed by atoms with Crippen LogP contribution in [0.5, 0.6) is 0 Å². The standard InChI is InChI=1S/C22H38N4O2/c1-4-23-21(25-17-22(11-13-27)12-14-28-18-22)24-15-19-7-9-20(10-8-19)16-26(5-2)6-3/h7-10,27H,4-6,11-18H2,1-3H3,(H2,23,24,25). The molecule has 0 saturated carbocycles. The maximum Gasteiger partial charge on any atom is 0.191 e. The fourth-order valence-electron chi connectivity index (χ4n) is 3.55. The maximum atomic E-state index is 9.39. The van der Waals surface area contributed by atoms with E-state index in [0.717, 1.165) is 58.1 Å². The lowest BCUT2D eigenvalue weighted by molar-refractivity contribution is 0.127. The summed E-state index contributed by atoms with van der Waals surface area (Å²) in [5.41, 5.74) is 2.56. The highest BCUT2D eigenvalue weighted by atomic mass is 16.5. The van der Waals surface area contributed by atoms with Crippen molar-refractivity contribution < 1.29 is 9.84 Å². The molecule has 1 aliphatic heterocycles. The highest BCUT2D eigenvalue weighted by Crippen LogP contribution is 2.31. The van der Waals surface area contributed by atoms with Crippen LogP contribution in [-0.4, -0.2) is 62.0 Å². The van der Waals surface area contributed by atoms with Crippen molar-refractivity contribution in [3.05, 3.63) is 35.4 Å². The number of aliphatic hydroxyl groups is 1. The molecule has 1 atom stereocenters. The third-order valence-electron chi connectivity index (χ3n) is 5.55. The highest BCUT2D eigenvalue weighted by molar-refractivity contribution is 5.79. The second-order valence-corrected chi connectivity index (χ2v) is 7.60. The third-order valence-corrected chi connectivity index (χ3v) is 5.55. The van der Waals surface area contributed by atoms with Gasteiger partial charge in [0.15, 0.2) is 5.96 Å². The first-order valence-electron chi connectivity index (χ1n) is 10.7. The molecule has 1 aliphatic rings. The Balaban J connectivity index is 1.92. The summed E-state index contributed by atoms with van der Waals surface area (Å²) in [7, 11) is 0. The number of hydrogen-bond donors (Lipinski definition) is 3. The lowest BCUT2D eigenvalue weighted by Crippen LogP contribution is -2.44. The van der Waals surface area contributed by atoms with Gasteiger partial charge in [0.2, 0.25) is 0 Å². The fraction of sp³-hybridized carbons (Fsp3) is 0.682. The van der Waals surface area contributed by atoms with Crippen LogP contribution in [-0.2, 0) is 17.8 Å². The summed E-state index contributed by atoms with van der Waals surface area (Å²) < 4.78 is 5.57. The molecule has 1 fully saturated rings. The van der Waals surface area contributed by atoms with Gasteiger partial charge in [0.25, 0.3) is 0 Å². The van der Waals surface area contributed by atoms with Gasteiger partial charge in [-0.3, -0.25) is 4.90 Å². The molecule has 0 aliphatic carbocycles. The van der Waals surface area contributed by atoms with E-state index in [1.165, 1.54) is 11.1 Å². The molecular formula is C22H38N4O2. The number of aliphatic hydroxyl groups excluding tert-OH is 1. The van der Waals surface area contributed by atoms with Crippen LogP contribution in [0.25, 0.3) is 0 Å². The van der Waals surface area contributed by atoms with Crippen molar-refractivity contribution in [2.24, 2.45) is 10.4 Å². The Morgan fingerprint density at radius 2 is 1.86 bits per heavy atom. The van der Waals surface area contributed by atoms with Crippen LogP contribution in [0.1, 0.15) is 44.7 Å². The molecule has 6 nitrogen and oxygen atoms in total. The SMILES string of the molecule is CCNC(=NCc1ccc(CN(CC)CC)cc1)NCC1(CCO)CCOC1. The predicted octanol–water partition coefficient (Wildman–Crippen LogP) is 2.37. The van der Waals surface area contributed by atoms with Gasteiger partial charge in [-0.2, -0.15) is 0 Å². The lowest BCUT2D eigenvalue weighted by Gasteiger charge is -2.27. The Bertz CT molecular complexity index is 579. The zero-order valence-electron chi connectivity index (χ0n) is 17.8. The summed E-state index contributed by atoms with van der Waals surface area (Å²) in [4.78, 5) is 7.15. The van der Waals surface area contributed by atoms with Crippen LogP contribution in [0.3, 0.4) is 0 Å². The summed E-state index contributed by atoms with van der Waals surface area (Å²) in [6, 6.07) is 8.75. The molecule has 28 heavy (non-hydrogen) atoms. The van der Waals surface area contributed by atoms with Crippen LogP contribution in [0.2, 0.25) is 0 Å². The molecule has 0 spiro atoms. The summed E-state index contributed by atoms with van der Waals surface area (Å²) in [6.07, 6.45) is 1.74. The second-order valence-electron chi connectivity index (χ2n) is 7.60. The topological polar surface area (TPSA) is 69.1 Å². The molecule has 0 amide bonds. The average molecular weight is 391 g/mol. The van der Waals surface area contributed by atoms with E-state index in [0.29, 0.717) is 13.2 Å². The summed E-state index contributed by atoms with van der Waals surface area (Å²) in [5, 5.41) is 16.2. The Hall–Kier alpha value is -1.63. The third kappa shape index (κ3) is 7.08. The van der Waals surface area contributed by atoms with E-state index in [1.54, 1.807) is 0 Å². The van der Waals surface area contributed by atoms with Gasteiger partial charge in [-0.15, -0.1) is 0 Å². The zero-order valence-corrected chi connectivity index (χ0v) is 17.8. The number of guanidine groups is 1. The molecule has 3 N–H and O–H groups in total. The normalized spacial score (nSPS) is 20.0. The molecular weight excluding hydrogens is 352 g/mol. The molecule has 158 valence electrons. The van der Waals surface area contributed by atoms with Gasteiger partial charge < -0.3 is 20.5 Å². The number of aliphatic imine (C=N–C) groups is 1. The van der Waals surface area contributed by atoms with E-state index in [2.05, 4.69) is 60.6 Å². The molecule has 1 unspecified atom stereocenters. The molecule has 1 heterocycles. The molecule has 0 bridgehead atoms. The summed E-state index contributed by atoms with van der Waals surface area (Å²) in [6.45, 7) is 13.5. The average Bonchev–Trinajstić information content (AvgIpc) is 3.18. The smallest absolute Gasteiger partial charge is 0.191 e. The van der Waals surface area contributed by atoms with Gasteiger partial charge in [0.1, 0.15) is 0 Å². The van der Waals surface area contributed by atoms with Crippen molar-refractivity contribution in [2.75, 3.05) is 46.0 Å². The molecule has 2 rings (SSSR count). The van der Waals surface area contributed by atoms with E-state index in [1.807, 2.05) is 0 Å². The van der Waals surface area contributed by atoms with Gasteiger partial charge >= 0.3 is 0 Å². The van der Waals surface area contributed by atoms with Crippen LogP contribution in [0.4, 0.5) is 0 Å². The number of ether oxygens (including phenoxy) is 1. The molecule has 1 aromatic rings. The van der Waals surface area contributed by atoms with Crippen molar-refractivity contribution in [2.45, 2.75) is 46.7 Å². The number of nitrogens with one attached hydrogen (secondary N) is 2. The van der Waals surface area contributed by atoms with E-state index >= 15 is 0 Å². The van der Waals surface area contributed by atoms with Gasteiger partial charge in [-0.1, -0.05) is 38.1 Å². The van der Waals surface area contributed by atoms with Crippen LogP contribution < -0.4 is 10.6 Å². The first kappa shape index (κ1) is 22.7. The van der Waals surface area contributed by atoms with Crippen molar-refractivity contribution in [1.82, 2.24) is 15.5 Å². The van der Waals surface area contributed by atoms with Gasteiger partial charge in [0, 0.05) is 38.3 Å². The summed E-state index contributed by atoms with van der Waals surface area (Å²) in [5.74, 6) is 0.818. The molecule has 1 aromatic carbocycles. The van der Waals surface area contributed by atoms with Gasteiger partial charge in [-0.05, 0) is 44.0 Å². The summed E-state index contributed by atoms with van der Waals surface area (Å²) >= 11 is 0. The maximum absolute atomic E-state index is 9.39. The Labute approximate surface area is 170 Å². The van der Waals surface area contributed by atoms with Crippen molar-refractivity contribution >= 4 is 5.96 Å². The van der Waals surface area contributed by atoms with Crippen LogP contribution in [0.15, 0.2) is 29.3 Å². The zero-order chi connectivity index (χ0) is 20.2. The first-order chi connectivity index (χ1) is 13.6. The van der Waals surface area contributed by atoms with E-state index in [-0.39, 0.29) is 12.0 Å². The minimum Gasteiger partial charge on any atom is -0.396 e. The Kier molecular flexibility index (Phi) is 9.75. The van der Waals surface area contributed by atoms with E-state index < -0.39 is 0 Å². The number of nitrogens with zero attached hydrogens (tertiary/aromatic N) is 2. The van der Waals surface area contributed by atoms with Gasteiger partial charge in [0.05, 0.1) is 13.2 Å². The van der Waals surface area contributed by atoms with Crippen molar-refractivity contribution in [3.63, 3.8) is 0 Å². The van der Waals surface area contributed by atoms with Crippen molar-refractivity contribution in [1.29, 1.82) is 0 Å². The van der Waals surface area contributed by atoms with Crippen LogP contribution in [0, 0.1) is 5.41 Å². The van der Waals surface area contributed by atoms with E-state index in [9.17, 15) is 5.11 Å².